The van der Waals surface area contributed by atoms with Gasteiger partial charge >= 0.3 is 0 Å². The van der Waals surface area contributed by atoms with E-state index in [4.69, 9.17) is 11.6 Å². The first-order valence-electron chi connectivity index (χ1n) is 6.33. The molecule has 0 aliphatic rings. The zero-order valence-corrected chi connectivity index (χ0v) is 11.9. The second-order valence-corrected chi connectivity index (χ2v) is 4.81. The molecule has 104 valence electrons. The number of pyridine rings is 1. The molecule has 0 saturated heterocycles. The Kier molecular flexibility index (Phi) is 4.58. The number of hydrogen-bond acceptors (Lipinski definition) is 2. The van der Waals surface area contributed by atoms with E-state index in [9.17, 15) is 9.59 Å². The summed E-state index contributed by atoms with van der Waals surface area (Å²) in [7, 11) is 0. The molecule has 0 atom stereocenters. The third kappa shape index (κ3) is 3.48. The molecule has 0 radical (unpaired) electrons. The van der Waals surface area contributed by atoms with Gasteiger partial charge in [0.05, 0.1) is 0 Å². The Bertz CT molecular complexity index is 667. The van der Waals surface area contributed by atoms with Crippen molar-refractivity contribution in [1.29, 1.82) is 0 Å². The molecule has 0 saturated carbocycles. The van der Waals surface area contributed by atoms with Gasteiger partial charge in [0.2, 0.25) is 5.56 Å². The molecule has 5 heteroatoms. The van der Waals surface area contributed by atoms with Gasteiger partial charge in [-0.1, -0.05) is 29.8 Å². The average Bonchev–Trinajstić information content (AvgIpc) is 2.44. The van der Waals surface area contributed by atoms with Crippen LogP contribution in [0.4, 0.5) is 0 Å². The van der Waals surface area contributed by atoms with E-state index in [1.54, 1.807) is 23.1 Å². The molecule has 2 rings (SSSR count). The normalized spacial score (nSPS) is 10.3. The summed E-state index contributed by atoms with van der Waals surface area (Å²) in [5, 5.41) is 0.638. The van der Waals surface area contributed by atoms with E-state index in [0.29, 0.717) is 23.8 Å². The number of H-pyrrole nitrogens is 1. The SMILES string of the molecule is CCN(Cc1cccc(Cl)c1)C(=O)c1cccc(=O)[nH]1. The first-order valence-corrected chi connectivity index (χ1v) is 6.71. The number of aromatic nitrogens is 1. The Morgan fingerprint density at radius 2 is 2.00 bits per heavy atom. The minimum atomic E-state index is -0.283. The van der Waals surface area contributed by atoms with Crippen LogP contribution in [0.5, 0.6) is 0 Å². The fraction of sp³-hybridized carbons (Fsp3) is 0.200. The standard InChI is InChI=1S/C15H15ClN2O2/c1-2-18(10-11-5-3-6-12(16)9-11)15(20)13-7-4-8-14(19)17-13/h3-9H,2,10H2,1H3,(H,17,19). The van der Waals surface area contributed by atoms with Crippen molar-refractivity contribution in [2.45, 2.75) is 13.5 Å². The predicted molar refractivity (Wildman–Crippen MR) is 78.9 cm³/mol. The number of aromatic amines is 1. The number of benzene rings is 1. The molecule has 0 fully saturated rings. The number of amides is 1. The lowest BCUT2D eigenvalue weighted by Gasteiger charge is -2.20. The Balaban J connectivity index is 2.20. The van der Waals surface area contributed by atoms with E-state index < -0.39 is 0 Å². The molecule has 2 aromatic rings. The van der Waals surface area contributed by atoms with Gasteiger partial charge in [0.1, 0.15) is 5.69 Å². The number of carbonyl (C=O) groups excluding carboxylic acids is 1. The van der Waals surface area contributed by atoms with E-state index >= 15 is 0 Å². The number of rotatable bonds is 4. The zero-order valence-electron chi connectivity index (χ0n) is 11.1. The maximum Gasteiger partial charge on any atom is 0.270 e. The van der Waals surface area contributed by atoms with Crippen LogP contribution in [0, 0.1) is 0 Å². The van der Waals surface area contributed by atoms with Gasteiger partial charge in [0.25, 0.3) is 5.91 Å². The smallest absolute Gasteiger partial charge is 0.270 e. The summed E-state index contributed by atoms with van der Waals surface area (Å²) in [4.78, 5) is 27.8. The first kappa shape index (κ1) is 14.3. The highest BCUT2D eigenvalue weighted by molar-refractivity contribution is 6.30. The topological polar surface area (TPSA) is 53.2 Å². The van der Waals surface area contributed by atoms with Crippen LogP contribution >= 0.6 is 11.6 Å². The molecule has 1 N–H and O–H groups in total. The van der Waals surface area contributed by atoms with Crippen molar-refractivity contribution in [1.82, 2.24) is 9.88 Å². The largest absolute Gasteiger partial charge is 0.333 e. The minimum Gasteiger partial charge on any atom is -0.333 e. The monoisotopic (exact) mass is 290 g/mol. The highest BCUT2D eigenvalue weighted by Crippen LogP contribution is 2.13. The van der Waals surface area contributed by atoms with Crippen molar-refractivity contribution in [3.63, 3.8) is 0 Å². The summed E-state index contributed by atoms with van der Waals surface area (Å²) in [6, 6.07) is 11.9. The van der Waals surface area contributed by atoms with Crippen LogP contribution in [0.3, 0.4) is 0 Å². The molecule has 1 aromatic carbocycles. The van der Waals surface area contributed by atoms with Gasteiger partial charge in [-0.15, -0.1) is 0 Å². The van der Waals surface area contributed by atoms with Gasteiger partial charge in [-0.25, -0.2) is 0 Å². The van der Waals surface area contributed by atoms with Crippen LogP contribution in [-0.4, -0.2) is 22.3 Å². The van der Waals surface area contributed by atoms with Gasteiger partial charge in [-0.2, -0.15) is 0 Å². The average molecular weight is 291 g/mol. The molecule has 0 unspecified atom stereocenters. The lowest BCUT2D eigenvalue weighted by atomic mass is 10.2. The molecule has 20 heavy (non-hydrogen) atoms. The van der Waals surface area contributed by atoms with E-state index in [-0.39, 0.29) is 11.5 Å². The molecular formula is C15H15ClN2O2. The molecule has 0 aliphatic heterocycles. The van der Waals surface area contributed by atoms with Crippen LogP contribution in [0.1, 0.15) is 23.0 Å². The number of hydrogen-bond donors (Lipinski definition) is 1. The van der Waals surface area contributed by atoms with Gasteiger partial charge in [0, 0.05) is 24.2 Å². The van der Waals surface area contributed by atoms with Crippen LogP contribution < -0.4 is 5.56 Å². The Labute approximate surface area is 122 Å². The summed E-state index contributed by atoms with van der Waals surface area (Å²) < 4.78 is 0. The van der Waals surface area contributed by atoms with E-state index in [1.165, 1.54) is 6.07 Å². The number of nitrogens with one attached hydrogen (secondary N) is 1. The Morgan fingerprint density at radius 1 is 1.25 bits per heavy atom. The van der Waals surface area contributed by atoms with Crippen molar-refractivity contribution < 1.29 is 4.79 Å². The van der Waals surface area contributed by atoms with Gasteiger partial charge in [0.15, 0.2) is 0 Å². The summed E-state index contributed by atoms with van der Waals surface area (Å²) in [6.45, 7) is 2.89. The van der Waals surface area contributed by atoms with E-state index in [0.717, 1.165) is 5.56 Å². The lowest BCUT2D eigenvalue weighted by Crippen LogP contribution is -2.32. The molecule has 4 nitrogen and oxygen atoms in total. The zero-order chi connectivity index (χ0) is 14.5. The maximum atomic E-state index is 12.3. The maximum absolute atomic E-state index is 12.3. The third-order valence-corrected chi connectivity index (χ3v) is 3.17. The van der Waals surface area contributed by atoms with Crippen molar-refractivity contribution >= 4 is 17.5 Å². The van der Waals surface area contributed by atoms with Crippen LogP contribution in [0.15, 0.2) is 47.3 Å². The van der Waals surface area contributed by atoms with Gasteiger partial charge < -0.3 is 9.88 Å². The fourth-order valence-electron chi connectivity index (χ4n) is 1.93. The van der Waals surface area contributed by atoms with Gasteiger partial charge in [-0.3, -0.25) is 9.59 Å². The number of halogens is 1. The quantitative estimate of drug-likeness (QED) is 0.941. The van der Waals surface area contributed by atoms with Crippen LogP contribution in [0.2, 0.25) is 5.02 Å². The third-order valence-electron chi connectivity index (χ3n) is 2.93. The minimum absolute atomic E-state index is 0.204. The first-order chi connectivity index (χ1) is 9.60. The summed E-state index contributed by atoms with van der Waals surface area (Å²) in [5.41, 5.74) is 0.960. The molecular weight excluding hydrogens is 276 g/mol. The molecule has 0 spiro atoms. The van der Waals surface area contributed by atoms with E-state index in [2.05, 4.69) is 4.98 Å². The van der Waals surface area contributed by atoms with Gasteiger partial charge in [-0.05, 0) is 30.7 Å². The number of nitrogens with zero attached hydrogens (tertiary/aromatic N) is 1. The molecule has 1 aromatic heterocycles. The Hall–Kier alpha value is -2.07. The summed E-state index contributed by atoms with van der Waals surface area (Å²) in [6.07, 6.45) is 0. The molecule has 0 bridgehead atoms. The second kappa shape index (κ2) is 6.39. The van der Waals surface area contributed by atoms with Crippen LogP contribution in [0.25, 0.3) is 0 Å². The predicted octanol–water partition coefficient (Wildman–Crippen LogP) is 2.69. The number of carbonyl (C=O) groups is 1. The summed E-state index contributed by atoms with van der Waals surface area (Å²) in [5.74, 6) is -0.204. The van der Waals surface area contributed by atoms with Crippen molar-refractivity contribution in [2.24, 2.45) is 0 Å². The van der Waals surface area contributed by atoms with Crippen molar-refractivity contribution in [3.8, 4) is 0 Å². The highest BCUT2D eigenvalue weighted by Gasteiger charge is 2.15. The summed E-state index contributed by atoms with van der Waals surface area (Å²) >= 11 is 5.94. The van der Waals surface area contributed by atoms with E-state index in [1.807, 2.05) is 25.1 Å². The highest BCUT2D eigenvalue weighted by atomic mass is 35.5. The second-order valence-electron chi connectivity index (χ2n) is 4.38. The molecule has 0 aliphatic carbocycles. The molecule has 1 amide bonds. The van der Waals surface area contributed by atoms with Crippen LogP contribution in [-0.2, 0) is 6.54 Å². The lowest BCUT2D eigenvalue weighted by molar-refractivity contribution is 0.0746. The van der Waals surface area contributed by atoms with Crippen molar-refractivity contribution in [2.75, 3.05) is 6.54 Å². The van der Waals surface area contributed by atoms with Crippen molar-refractivity contribution in [3.05, 3.63) is 69.1 Å². The Morgan fingerprint density at radius 3 is 2.65 bits per heavy atom. The fourth-order valence-corrected chi connectivity index (χ4v) is 2.14. The molecule has 1 heterocycles.